The standard InChI is InChI=1S/C19H29N3O2.HI/c1-22(2)19(21-15-16-9-4-3-5-10-16)20-14-8-13-18(23)24-17-11-6-7-12-17;/h3-5,9-10,17H,6-8,11-15H2,1-2H3,(H,20,21);1H. The third-order valence-corrected chi connectivity index (χ3v) is 4.12. The average molecular weight is 459 g/mol. The molecule has 1 aromatic rings. The highest BCUT2D eigenvalue weighted by Crippen LogP contribution is 2.21. The zero-order valence-electron chi connectivity index (χ0n) is 15.2. The number of guanidine groups is 1. The summed E-state index contributed by atoms with van der Waals surface area (Å²) in [5.41, 5.74) is 1.18. The minimum atomic E-state index is -0.0728. The first-order valence-corrected chi connectivity index (χ1v) is 8.84. The van der Waals surface area contributed by atoms with Gasteiger partial charge in [0.1, 0.15) is 6.10 Å². The van der Waals surface area contributed by atoms with Gasteiger partial charge in [-0.25, -0.2) is 4.99 Å². The summed E-state index contributed by atoms with van der Waals surface area (Å²) in [6.45, 7) is 1.36. The number of esters is 1. The summed E-state index contributed by atoms with van der Waals surface area (Å²) in [4.78, 5) is 18.4. The fourth-order valence-electron chi connectivity index (χ4n) is 2.79. The number of halogens is 1. The summed E-state index contributed by atoms with van der Waals surface area (Å²) >= 11 is 0. The summed E-state index contributed by atoms with van der Waals surface area (Å²) < 4.78 is 5.46. The van der Waals surface area contributed by atoms with Crippen LogP contribution in [0.3, 0.4) is 0 Å². The van der Waals surface area contributed by atoms with Gasteiger partial charge in [-0.2, -0.15) is 0 Å². The molecule has 1 saturated carbocycles. The molecular formula is C19H30IN3O2. The van der Waals surface area contributed by atoms with E-state index in [1.165, 1.54) is 18.4 Å². The molecule has 1 aromatic carbocycles. The maximum Gasteiger partial charge on any atom is 0.306 e. The van der Waals surface area contributed by atoms with Crippen molar-refractivity contribution < 1.29 is 9.53 Å². The van der Waals surface area contributed by atoms with Crippen LogP contribution in [0.2, 0.25) is 0 Å². The van der Waals surface area contributed by atoms with Gasteiger partial charge in [0.05, 0.1) is 6.54 Å². The summed E-state index contributed by atoms with van der Waals surface area (Å²) in [5, 5.41) is 3.31. The number of nitrogens with one attached hydrogen (secondary N) is 1. The smallest absolute Gasteiger partial charge is 0.306 e. The Kier molecular flexibility index (Phi) is 10.5. The molecule has 1 aliphatic carbocycles. The van der Waals surface area contributed by atoms with Crippen molar-refractivity contribution in [3.8, 4) is 0 Å². The molecular weight excluding hydrogens is 429 g/mol. The van der Waals surface area contributed by atoms with Crippen LogP contribution in [0.25, 0.3) is 0 Å². The second kappa shape index (κ2) is 12.1. The minimum absolute atomic E-state index is 0. The van der Waals surface area contributed by atoms with Crippen LogP contribution in [-0.2, 0) is 16.1 Å². The molecule has 1 fully saturated rings. The van der Waals surface area contributed by atoms with Gasteiger partial charge in [-0.3, -0.25) is 4.79 Å². The van der Waals surface area contributed by atoms with Crippen molar-refractivity contribution in [2.75, 3.05) is 20.6 Å². The van der Waals surface area contributed by atoms with E-state index in [9.17, 15) is 4.79 Å². The lowest BCUT2D eigenvalue weighted by Crippen LogP contribution is -2.37. The topological polar surface area (TPSA) is 53.9 Å². The number of ether oxygens (including phenoxy) is 1. The largest absolute Gasteiger partial charge is 0.462 e. The summed E-state index contributed by atoms with van der Waals surface area (Å²) in [6, 6.07) is 10.2. The Morgan fingerprint density at radius 3 is 2.56 bits per heavy atom. The summed E-state index contributed by atoms with van der Waals surface area (Å²) in [6.07, 6.45) is 5.80. The second-order valence-corrected chi connectivity index (χ2v) is 6.45. The Bertz CT molecular complexity index is 529. The third kappa shape index (κ3) is 8.56. The zero-order valence-corrected chi connectivity index (χ0v) is 17.6. The molecule has 25 heavy (non-hydrogen) atoms. The fraction of sp³-hybridized carbons (Fsp3) is 0.579. The van der Waals surface area contributed by atoms with E-state index in [0.717, 1.165) is 25.2 Å². The Labute approximate surface area is 168 Å². The van der Waals surface area contributed by atoms with Gasteiger partial charge in [-0.1, -0.05) is 30.3 Å². The molecule has 1 aliphatic rings. The monoisotopic (exact) mass is 459 g/mol. The van der Waals surface area contributed by atoms with E-state index in [1.54, 1.807) is 0 Å². The van der Waals surface area contributed by atoms with E-state index < -0.39 is 0 Å². The van der Waals surface area contributed by atoms with Crippen LogP contribution in [0.4, 0.5) is 0 Å². The first kappa shape index (κ1) is 21.7. The first-order valence-electron chi connectivity index (χ1n) is 8.84. The maximum atomic E-state index is 11.8. The van der Waals surface area contributed by atoms with Crippen LogP contribution in [0, 0.1) is 0 Å². The van der Waals surface area contributed by atoms with E-state index in [2.05, 4.69) is 22.4 Å². The predicted molar refractivity (Wildman–Crippen MR) is 112 cm³/mol. The summed E-state index contributed by atoms with van der Waals surface area (Å²) in [5.74, 6) is 0.763. The number of nitrogens with zero attached hydrogens (tertiary/aromatic N) is 2. The fourth-order valence-corrected chi connectivity index (χ4v) is 2.79. The highest BCUT2D eigenvalue weighted by Gasteiger charge is 2.18. The number of benzene rings is 1. The van der Waals surface area contributed by atoms with Crippen LogP contribution in [0.1, 0.15) is 44.1 Å². The Morgan fingerprint density at radius 1 is 1.24 bits per heavy atom. The normalized spacial score (nSPS) is 14.7. The van der Waals surface area contributed by atoms with E-state index in [4.69, 9.17) is 4.74 Å². The minimum Gasteiger partial charge on any atom is -0.462 e. The first-order chi connectivity index (χ1) is 11.6. The van der Waals surface area contributed by atoms with Crippen molar-refractivity contribution in [3.05, 3.63) is 35.9 Å². The van der Waals surface area contributed by atoms with Gasteiger partial charge >= 0.3 is 5.97 Å². The van der Waals surface area contributed by atoms with Crippen molar-refractivity contribution in [1.29, 1.82) is 0 Å². The van der Waals surface area contributed by atoms with Crippen molar-refractivity contribution in [2.45, 2.75) is 51.2 Å². The molecule has 2 rings (SSSR count). The molecule has 5 nitrogen and oxygen atoms in total. The molecule has 0 unspecified atom stereocenters. The van der Waals surface area contributed by atoms with Crippen molar-refractivity contribution in [3.63, 3.8) is 0 Å². The van der Waals surface area contributed by atoms with Crippen LogP contribution in [0.15, 0.2) is 35.3 Å². The molecule has 0 aliphatic heterocycles. The van der Waals surface area contributed by atoms with Crippen LogP contribution in [-0.4, -0.2) is 43.6 Å². The molecule has 0 aromatic heterocycles. The van der Waals surface area contributed by atoms with E-state index in [-0.39, 0.29) is 36.0 Å². The Balaban J connectivity index is 0.00000312. The predicted octanol–water partition coefficient (Wildman–Crippen LogP) is 3.58. The van der Waals surface area contributed by atoms with Gasteiger partial charge in [-0.05, 0) is 37.7 Å². The number of aliphatic imine (C=N–C) groups is 1. The van der Waals surface area contributed by atoms with Crippen molar-refractivity contribution >= 4 is 35.9 Å². The number of hydrogen-bond acceptors (Lipinski definition) is 3. The Morgan fingerprint density at radius 2 is 1.92 bits per heavy atom. The lowest BCUT2D eigenvalue weighted by molar-refractivity contribution is -0.148. The van der Waals surface area contributed by atoms with Gasteiger partial charge in [0.2, 0.25) is 0 Å². The summed E-state index contributed by atoms with van der Waals surface area (Å²) in [7, 11) is 3.93. The number of carbonyl (C=O) groups is 1. The van der Waals surface area contributed by atoms with Gasteiger partial charge in [0, 0.05) is 27.1 Å². The lowest BCUT2D eigenvalue weighted by atomic mass is 10.2. The molecule has 0 saturated heterocycles. The highest BCUT2D eigenvalue weighted by molar-refractivity contribution is 14.0. The van der Waals surface area contributed by atoms with Gasteiger partial charge in [0.25, 0.3) is 0 Å². The average Bonchev–Trinajstić information content (AvgIpc) is 3.07. The molecule has 0 heterocycles. The quantitative estimate of drug-likeness (QED) is 0.223. The zero-order chi connectivity index (χ0) is 17.2. The van der Waals surface area contributed by atoms with Crippen LogP contribution in [0.5, 0.6) is 0 Å². The van der Waals surface area contributed by atoms with Gasteiger partial charge in [-0.15, -0.1) is 24.0 Å². The second-order valence-electron chi connectivity index (χ2n) is 6.45. The molecule has 0 amide bonds. The molecule has 6 heteroatoms. The third-order valence-electron chi connectivity index (χ3n) is 4.12. The van der Waals surface area contributed by atoms with Crippen molar-refractivity contribution in [2.24, 2.45) is 4.99 Å². The SMILES string of the molecule is CN(C)C(=NCc1ccccc1)NCCCC(=O)OC1CCCC1.I. The lowest BCUT2D eigenvalue weighted by Gasteiger charge is -2.18. The van der Waals surface area contributed by atoms with Crippen LogP contribution < -0.4 is 5.32 Å². The molecule has 1 N–H and O–H groups in total. The molecule has 0 bridgehead atoms. The Hall–Kier alpha value is -1.31. The number of hydrogen-bond donors (Lipinski definition) is 1. The van der Waals surface area contributed by atoms with E-state index in [1.807, 2.05) is 37.2 Å². The van der Waals surface area contributed by atoms with Gasteiger partial charge in [0.15, 0.2) is 5.96 Å². The molecule has 0 radical (unpaired) electrons. The van der Waals surface area contributed by atoms with Crippen LogP contribution >= 0.6 is 24.0 Å². The van der Waals surface area contributed by atoms with Crippen molar-refractivity contribution in [1.82, 2.24) is 10.2 Å². The highest BCUT2D eigenvalue weighted by atomic mass is 127. The maximum absolute atomic E-state index is 11.8. The molecule has 0 spiro atoms. The van der Waals surface area contributed by atoms with E-state index in [0.29, 0.717) is 19.5 Å². The molecule has 140 valence electrons. The van der Waals surface area contributed by atoms with Gasteiger partial charge < -0.3 is 15.0 Å². The number of carbonyl (C=O) groups excluding carboxylic acids is 1. The van der Waals surface area contributed by atoms with E-state index >= 15 is 0 Å². The molecule has 0 atom stereocenters. The number of rotatable bonds is 7.